The molecule has 0 saturated carbocycles. The van der Waals surface area contributed by atoms with Crippen LogP contribution < -0.4 is 10.5 Å². The van der Waals surface area contributed by atoms with Crippen LogP contribution in [0.15, 0.2) is 34.7 Å². The SMILES string of the molecule is CC1(C)COc2ccc(C(N)c3ccc([N+](=O)[O-])o3)cc21. The maximum Gasteiger partial charge on any atom is 0.433 e. The van der Waals surface area contributed by atoms with Crippen molar-refractivity contribution < 1.29 is 14.1 Å². The first-order valence-corrected chi connectivity index (χ1v) is 6.65. The maximum atomic E-state index is 10.7. The monoisotopic (exact) mass is 288 g/mol. The van der Waals surface area contributed by atoms with E-state index in [0.29, 0.717) is 12.4 Å². The molecule has 0 saturated heterocycles. The van der Waals surface area contributed by atoms with Gasteiger partial charge in [0.25, 0.3) is 0 Å². The fraction of sp³-hybridized carbons (Fsp3) is 0.333. The molecule has 1 aromatic heterocycles. The van der Waals surface area contributed by atoms with Gasteiger partial charge in [0.05, 0.1) is 18.7 Å². The van der Waals surface area contributed by atoms with E-state index in [0.717, 1.165) is 16.9 Å². The molecule has 110 valence electrons. The number of furan rings is 1. The van der Waals surface area contributed by atoms with Gasteiger partial charge >= 0.3 is 5.88 Å². The molecule has 0 fully saturated rings. The van der Waals surface area contributed by atoms with Crippen molar-refractivity contribution in [3.8, 4) is 5.75 Å². The van der Waals surface area contributed by atoms with Gasteiger partial charge in [-0.1, -0.05) is 19.9 Å². The molecule has 1 unspecified atom stereocenters. The minimum absolute atomic E-state index is 0.0692. The Balaban J connectivity index is 1.95. The molecule has 1 atom stereocenters. The summed E-state index contributed by atoms with van der Waals surface area (Å²) in [6.45, 7) is 4.84. The van der Waals surface area contributed by atoms with Gasteiger partial charge in [-0.15, -0.1) is 0 Å². The van der Waals surface area contributed by atoms with Gasteiger partial charge < -0.3 is 14.9 Å². The Hall–Kier alpha value is -2.34. The molecular weight excluding hydrogens is 272 g/mol. The molecule has 0 amide bonds. The predicted octanol–water partition coefficient (Wildman–Crippen LogP) is 2.91. The van der Waals surface area contributed by atoms with E-state index in [4.69, 9.17) is 14.9 Å². The molecule has 0 bridgehead atoms. The number of rotatable bonds is 3. The number of fused-ring (bicyclic) bond motifs is 1. The fourth-order valence-electron chi connectivity index (χ4n) is 2.50. The van der Waals surface area contributed by atoms with E-state index in [1.165, 1.54) is 12.1 Å². The summed E-state index contributed by atoms with van der Waals surface area (Å²) in [6, 6.07) is 8.05. The van der Waals surface area contributed by atoms with E-state index in [1.54, 1.807) is 0 Å². The Morgan fingerprint density at radius 2 is 2.10 bits per heavy atom. The quantitative estimate of drug-likeness (QED) is 0.692. The van der Waals surface area contributed by atoms with Gasteiger partial charge in [0, 0.05) is 11.0 Å². The summed E-state index contributed by atoms with van der Waals surface area (Å²) in [5.74, 6) is 0.935. The van der Waals surface area contributed by atoms with Crippen molar-refractivity contribution in [3.63, 3.8) is 0 Å². The fourth-order valence-corrected chi connectivity index (χ4v) is 2.50. The lowest BCUT2D eigenvalue weighted by Gasteiger charge is -2.17. The highest BCUT2D eigenvalue weighted by Gasteiger charge is 2.32. The molecule has 2 N–H and O–H groups in total. The number of hydrogen-bond donors (Lipinski definition) is 1. The van der Waals surface area contributed by atoms with Crippen molar-refractivity contribution in [2.75, 3.05) is 6.61 Å². The number of nitro groups is 1. The molecule has 1 aliphatic heterocycles. The first-order chi connectivity index (χ1) is 9.88. The van der Waals surface area contributed by atoms with Gasteiger partial charge in [0.15, 0.2) is 0 Å². The molecule has 6 nitrogen and oxygen atoms in total. The number of ether oxygens (including phenoxy) is 1. The van der Waals surface area contributed by atoms with Crippen LogP contribution in [-0.4, -0.2) is 11.5 Å². The average Bonchev–Trinajstić information content (AvgIpc) is 3.04. The van der Waals surface area contributed by atoms with Gasteiger partial charge in [0.1, 0.15) is 16.4 Å². The summed E-state index contributed by atoms with van der Waals surface area (Å²) in [7, 11) is 0. The lowest BCUT2D eigenvalue weighted by atomic mass is 9.85. The van der Waals surface area contributed by atoms with E-state index in [-0.39, 0.29) is 11.3 Å². The number of nitrogens with two attached hydrogens (primary N) is 1. The van der Waals surface area contributed by atoms with Gasteiger partial charge in [-0.25, -0.2) is 0 Å². The van der Waals surface area contributed by atoms with E-state index in [1.807, 2.05) is 18.2 Å². The summed E-state index contributed by atoms with van der Waals surface area (Å²) in [5.41, 5.74) is 8.02. The summed E-state index contributed by atoms with van der Waals surface area (Å²) in [6.07, 6.45) is 0. The van der Waals surface area contributed by atoms with Crippen molar-refractivity contribution in [2.24, 2.45) is 5.73 Å². The highest BCUT2D eigenvalue weighted by Crippen LogP contribution is 2.40. The predicted molar refractivity (Wildman–Crippen MR) is 76.4 cm³/mol. The van der Waals surface area contributed by atoms with Crippen LogP contribution >= 0.6 is 0 Å². The molecule has 6 heteroatoms. The standard InChI is InChI=1S/C15H16N2O4/c1-15(2)8-20-11-4-3-9(7-10(11)15)14(16)12-5-6-13(21-12)17(18)19/h3-7,14H,8,16H2,1-2H3. The highest BCUT2D eigenvalue weighted by atomic mass is 16.6. The zero-order chi connectivity index (χ0) is 15.2. The van der Waals surface area contributed by atoms with E-state index in [9.17, 15) is 10.1 Å². The molecule has 0 spiro atoms. The van der Waals surface area contributed by atoms with Crippen molar-refractivity contribution in [1.29, 1.82) is 0 Å². The third kappa shape index (κ3) is 2.27. The largest absolute Gasteiger partial charge is 0.492 e. The minimum atomic E-state index is -0.574. The van der Waals surface area contributed by atoms with Crippen LogP contribution in [0, 0.1) is 10.1 Å². The third-order valence-electron chi connectivity index (χ3n) is 3.78. The second-order valence-corrected chi connectivity index (χ2v) is 5.84. The summed E-state index contributed by atoms with van der Waals surface area (Å²) < 4.78 is 10.8. The molecular formula is C15H16N2O4. The average molecular weight is 288 g/mol. The summed E-state index contributed by atoms with van der Waals surface area (Å²) in [4.78, 5) is 10.1. The first-order valence-electron chi connectivity index (χ1n) is 6.65. The van der Waals surface area contributed by atoms with Crippen molar-refractivity contribution in [1.82, 2.24) is 0 Å². The normalized spacial score (nSPS) is 17.1. The van der Waals surface area contributed by atoms with Gasteiger partial charge in [-0.05, 0) is 23.8 Å². The molecule has 2 heterocycles. The van der Waals surface area contributed by atoms with Gasteiger partial charge in [-0.3, -0.25) is 10.1 Å². The summed E-state index contributed by atoms with van der Waals surface area (Å²) >= 11 is 0. The van der Waals surface area contributed by atoms with Gasteiger partial charge in [0.2, 0.25) is 0 Å². The van der Waals surface area contributed by atoms with E-state index in [2.05, 4.69) is 13.8 Å². The molecule has 1 aromatic carbocycles. The molecule has 3 rings (SSSR count). The molecule has 21 heavy (non-hydrogen) atoms. The lowest BCUT2D eigenvalue weighted by molar-refractivity contribution is -0.402. The third-order valence-corrected chi connectivity index (χ3v) is 3.78. The van der Waals surface area contributed by atoms with E-state index >= 15 is 0 Å². The van der Waals surface area contributed by atoms with Crippen LogP contribution in [0.25, 0.3) is 0 Å². The van der Waals surface area contributed by atoms with Gasteiger partial charge in [-0.2, -0.15) is 0 Å². The Labute approximate surface area is 121 Å². The van der Waals surface area contributed by atoms with Crippen LogP contribution in [0.4, 0.5) is 5.88 Å². The van der Waals surface area contributed by atoms with Crippen LogP contribution in [0.2, 0.25) is 0 Å². The Morgan fingerprint density at radius 3 is 2.76 bits per heavy atom. The minimum Gasteiger partial charge on any atom is -0.492 e. The molecule has 0 radical (unpaired) electrons. The first kappa shape index (κ1) is 13.6. The molecule has 2 aromatic rings. The zero-order valence-corrected chi connectivity index (χ0v) is 11.8. The zero-order valence-electron chi connectivity index (χ0n) is 11.8. The molecule has 1 aliphatic rings. The Morgan fingerprint density at radius 1 is 1.33 bits per heavy atom. The number of hydrogen-bond acceptors (Lipinski definition) is 5. The Bertz CT molecular complexity index is 705. The second-order valence-electron chi connectivity index (χ2n) is 5.84. The van der Waals surface area contributed by atoms with Crippen molar-refractivity contribution in [3.05, 3.63) is 57.3 Å². The van der Waals surface area contributed by atoms with Crippen LogP contribution in [0.5, 0.6) is 5.75 Å². The molecule has 0 aliphatic carbocycles. The number of nitrogens with zero attached hydrogens (tertiary/aromatic N) is 1. The lowest BCUT2D eigenvalue weighted by Crippen LogP contribution is -2.19. The maximum absolute atomic E-state index is 10.7. The van der Waals surface area contributed by atoms with Crippen LogP contribution in [0.3, 0.4) is 0 Å². The van der Waals surface area contributed by atoms with E-state index < -0.39 is 11.0 Å². The Kier molecular flexibility index (Phi) is 2.98. The van der Waals surface area contributed by atoms with Crippen molar-refractivity contribution >= 4 is 5.88 Å². The topological polar surface area (TPSA) is 91.5 Å². The number of benzene rings is 1. The second kappa shape index (κ2) is 4.60. The summed E-state index contributed by atoms with van der Waals surface area (Å²) in [5, 5.41) is 10.7. The van der Waals surface area contributed by atoms with Crippen LogP contribution in [-0.2, 0) is 5.41 Å². The van der Waals surface area contributed by atoms with Crippen LogP contribution in [0.1, 0.15) is 36.8 Å². The van der Waals surface area contributed by atoms with Crippen molar-refractivity contribution in [2.45, 2.75) is 25.3 Å². The highest BCUT2D eigenvalue weighted by molar-refractivity contribution is 5.47. The smallest absolute Gasteiger partial charge is 0.433 e.